The van der Waals surface area contributed by atoms with Crippen LogP contribution in [-0.2, 0) is 17.1 Å². The maximum atomic E-state index is 10.5. The zero-order chi connectivity index (χ0) is 10.7. The van der Waals surface area contributed by atoms with Crippen molar-refractivity contribution in [3.8, 4) is 0 Å². The summed E-state index contributed by atoms with van der Waals surface area (Å²) >= 11 is 0. The SMILES string of the molecule is O=[SH](=O)CCc1cccc2cccnc12. The van der Waals surface area contributed by atoms with Crippen LogP contribution in [0.1, 0.15) is 5.56 Å². The fourth-order valence-corrected chi connectivity index (χ4v) is 2.00. The van der Waals surface area contributed by atoms with Crippen LogP contribution in [0.4, 0.5) is 0 Å². The third-order valence-corrected chi connectivity index (χ3v) is 2.87. The summed E-state index contributed by atoms with van der Waals surface area (Å²) in [5, 5.41) is 1.05. The van der Waals surface area contributed by atoms with E-state index in [-0.39, 0.29) is 5.75 Å². The Bertz CT molecular complexity index is 536. The molecule has 0 fully saturated rings. The van der Waals surface area contributed by atoms with Crippen LogP contribution in [0.3, 0.4) is 0 Å². The number of nitrogens with zero attached hydrogens (tertiary/aromatic N) is 1. The summed E-state index contributed by atoms with van der Waals surface area (Å²) in [5.74, 6) is 0.186. The normalized spacial score (nSPS) is 11.0. The summed E-state index contributed by atoms with van der Waals surface area (Å²) in [5.41, 5.74) is 1.89. The number of thiol groups is 1. The molecule has 2 aromatic rings. The van der Waals surface area contributed by atoms with Gasteiger partial charge in [0, 0.05) is 11.6 Å². The number of fused-ring (bicyclic) bond motifs is 1. The lowest BCUT2D eigenvalue weighted by atomic mass is 10.1. The van der Waals surface area contributed by atoms with Crippen molar-refractivity contribution in [3.63, 3.8) is 0 Å². The fraction of sp³-hybridized carbons (Fsp3) is 0.182. The van der Waals surface area contributed by atoms with Crippen molar-refractivity contribution in [1.29, 1.82) is 0 Å². The molecule has 0 spiro atoms. The number of para-hydroxylation sites is 1. The lowest BCUT2D eigenvalue weighted by Crippen LogP contribution is -1.95. The minimum absolute atomic E-state index is 0.186. The average molecular weight is 221 g/mol. The van der Waals surface area contributed by atoms with Gasteiger partial charge in [-0.15, -0.1) is 0 Å². The first-order valence-electron chi connectivity index (χ1n) is 4.72. The van der Waals surface area contributed by atoms with Gasteiger partial charge in [-0.1, -0.05) is 24.3 Å². The van der Waals surface area contributed by atoms with E-state index < -0.39 is 10.7 Å². The fourth-order valence-electron chi connectivity index (χ4n) is 1.58. The van der Waals surface area contributed by atoms with E-state index in [9.17, 15) is 8.42 Å². The molecule has 0 aliphatic rings. The van der Waals surface area contributed by atoms with Gasteiger partial charge in [0.2, 0.25) is 0 Å². The van der Waals surface area contributed by atoms with E-state index in [1.165, 1.54) is 0 Å². The first kappa shape index (κ1) is 10.1. The van der Waals surface area contributed by atoms with Crippen LogP contribution < -0.4 is 0 Å². The van der Waals surface area contributed by atoms with Crippen LogP contribution >= 0.6 is 0 Å². The Labute approximate surface area is 89.7 Å². The molecule has 0 bridgehead atoms. The Morgan fingerprint density at radius 3 is 2.73 bits per heavy atom. The molecule has 0 atom stereocenters. The molecule has 3 nitrogen and oxygen atoms in total. The molecule has 2 rings (SSSR count). The summed E-state index contributed by atoms with van der Waals surface area (Å²) in [6.07, 6.45) is 2.26. The van der Waals surface area contributed by atoms with E-state index in [0.29, 0.717) is 6.42 Å². The quantitative estimate of drug-likeness (QED) is 0.797. The van der Waals surface area contributed by atoms with Crippen molar-refractivity contribution in [3.05, 3.63) is 42.1 Å². The number of rotatable bonds is 3. The Hall–Kier alpha value is -1.42. The zero-order valence-electron chi connectivity index (χ0n) is 8.09. The highest BCUT2D eigenvalue weighted by Crippen LogP contribution is 2.16. The largest absolute Gasteiger partial charge is 0.256 e. The molecule has 0 saturated heterocycles. The highest BCUT2D eigenvalue weighted by atomic mass is 32.2. The van der Waals surface area contributed by atoms with E-state index in [4.69, 9.17) is 0 Å². The van der Waals surface area contributed by atoms with Crippen molar-refractivity contribution in [2.75, 3.05) is 5.75 Å². The maximum Gasteiger partial charge on any atom is 0.140 e. The Kier molecular flexibility index (Phi) is 2.97. The van der Waals surface area contributed by atoms with Crippen molar-refractivity contribution >= 4 is 21.6 Å². The minimum Gasteiger partial charge on any atom is -0.256 e. The van der Waals surface area contributed by atoms with E-state index in [0.717, 1.165) is 16.5 Å². The first-order valence-corrected chi connectivity index (χ1v) is 6.08. The third-order valence-electron chi connectivity index (χ3n) is 2.28. The maximum absolute atomic E-state index is 10.5. The number of aryl methyl sites for hydroxylation is 1. The predicted octanol–water partition coefficient (Wildman–Crippen LogP) is 1.39. The second kappa shape index (κ2) is 4.40. The summed E-state index contributed by atoms with van der Waals surface area (Å²) in [4.78, 5) is 4.26. The predicted molar refractivity (Wildman–Crippen MR) is 60.6 cm³/mol. The lowest BCUT2D eigenvalue weighted by molar-refractivity contribution is 0.614. The van der Waals surface area contributed by atoms with Crippen molar-refractivity contribution in [2.24, 2.45) is 0 Å². The highest BCUT2D eigenvalue weighted by molar-refractivity contribution is 7.72. The van der Waals surface area contributed by atoms with Gasteiger partial charge < -0.3 is 0 Å². The number of benzene rings is 1. The zero-order valence-corrected chi connectivity index (χ0v) is 8.98. The second-order valence-electron chi connectivity index (χ2n) is 3.30. The number of aromatic nitrogens is 1. The monoisotopic (exact) mass is 221 g/mol. The molecule has 0 unspecified atom stereocenters. The van der Waals surface area contributed by atoms with Gasteiger partial charge in [0.05, 0.1) is 11.3 Å². The van der Waals surface area contributed by atoms with Crippen LogP contribution in [-0.4, -0.2) is 19.2 Å². The summed E-state index contributed by atoms with van der Waals surface area (Å²) < 4.78 is 21.1. The molecule has 4 heteroatoms. The molecular weight excluding hydrogens is 210 g/mol. The summed E-state index contributed by atoms with van der Waals surface area (Å²) in [6, 6.07) is 9.68. The van der Waals surface area contributed by atoms with Gasteiger partial charge in [0.15, 0.2) is 0 Å². The minimum atomic E-state index is -2.31. The van der Waals surface area contributed by atoms with Crippen molar-refractivity contribution in [1.82, 2.24) is 4.98 Å². The molecule has 1 aromatic heterocycles. The van der Waals surface area contributed by atoms with Crippen LogP contribution in [0.2, 0.25) is 0 Å². The Morgan fingerprint density at radius 1 is 1.13 bits per heavy atom. The van der Waals surface area contributed by atoms with Crippen molar-refractivity contribution < 1.29 is 8.42 Å². The van der Waals surface area contributed by atoms with Crippen LogP contribution in [0.25, 0.3) is 10.9 Å². The smallest absolute Gasteiger partial charge is 0.140 e. The van der Waals surface area contributed by atoms with E-state index in [1.807, 2.05) is 30.3 Å². The molecule has 1 heterocycles. The Balaban J connectivity index is 2.42. The molecule has 0 amide bonds. The molecule has 0 aliphatic carbocycles. The number of hydrogen-bond donors (Lipinski definition) is 1. The Morgan fingerprint density at radius 2 is 1.93 bits per heavy atom. The average Bonchev–Trinajstić information content (AvgIpc) is 2.26. The topological polar surface area (TPSA) is 47.0 Å². The first-order chi connectivity index (χ1) is 7.27. The molecule has 15 heavy (non-hydrogen) atoms. The second-order valence-corrected chi connectivity index (χ2v) is 4.41. The molecule has 0 saturated carbocycles. The molecule has 78 valence electrons. The van der Waals surface area contributed by atoms with Gasteiger partial charge in [-0.2, -0.15) is 0 Å². The van der Waals surface area contributed by atoms with E-state index >= 15 is 0 Å². The molecule has 0 aliphatic heterocycles. The van der Waals surface area contributed by atoms with Gasteiger partial charge >= 0.3 is 0 Å². The van der Waals surface area contributed by atoms with E-state index in [1.54, 1.807) is 6.20 Å². The summed E-state index contributed by atoms with van der Waals surface area (Å²) in [7, 11) is -2.31. The van der Waals surface area contributed by atoms with Gasteiger partial charge in [-0.3, -0.25) is 4.98 Å². The van der Waals surface area contributed by atoms with E-state index in [2.05, 4.69) is 4.98 Å². The van der Waals surface area contributed by atoms with Gasteiger partial charge in [0.1, 0.15) is 10.7 Å². The van der Waals surface area contributed by atoms with Crippen LogP contribution in [0, 0.1) is 0 Å². The van der Waals surface area contributed by atoms with Gasteiger partial charge in [0.25, 0.3) is 0 Å². The van der Waals surface area contributed by atoms with Gasteiger partial charge in [-0.05, 0) is 18.1 Å². The van der Waals surface area contributed by atoms with Crippen molar-refractivity contribution in [2.45, 2.75) is 6.42 Å². The highest BCUT2D eigenvalue weighted by Gasteiger charge is 2.01. The number of hydrogen-bond acceptors (Lipinski definition) is 3. The standard InChI is InChI=1S/C11H11NO2S/c13-15(14)8-6-10-4-1-3-9-5-2-7-12-11(9)10/h1-5,7,15H,6,8H2. The van der Waals surface area contributed by atoms with Gasteiger partial charge in [-0.25, -0.2) is 8.42 Å². The molecule has 0 N–H and O–H groups in total. The number of pyridine rings is 1. The van der Waals surface area contributed by atoms with Crippen LogP contribution in [0.5, 0.6) is 0 Å². The van der Waals surface area contributed by atoms with Crippen LogP contribution in [0.15, 0.2) is 36.5 Å². The lowest BCUT2D eigenvalue weighted by Gasteiger charge is -2.02. The third kappa shape index (κ3) is 2.33. The molecular formula is C11H11NO2S. The summed E-state index contributed by atoms with van der Waals surface area (Å²) in [6.45, 7) is 0. The molecule has 1 aromatic carbocycles. The molecule has 0 radical (unpaired) electrons.